The zero-order chi connectivity index (χ0) is 14.6. The number of benzene rings is 1. The molecule has 2 N–H and O–H groups in total. The molecule has 0 aliphatic heterocycles. The van der Waals surface area contributed by atoms with Crippen molar-refractivity contribution in [1.82, 2.24) is 4.31 Å². The molecule has 0 spiro atoms. The Hall–Kier alpha value is -1.51. The predicted octanol–water partition coefficient (Wildman–Crippen LogP) is 0.704. The summed E-state index contributed by atoms with van der Waals surface area (Å²) in [5.41, 5.74) is 5.87. The van der Waals surface area contributed by atoms with Gasteiger partial charge in [-0.25, -0.2) is 12.7 Å². The molecule has 1 aromatic rings. The van der Waals surface area contributed by atoms with Gasteiger partial charge in [0.2, 0.25) is 10.0 Å². The van der Waals surface area contributed by atoms with E-state index in [-0.39, 0.29) is 24.0 Å². The van der Waals surface area contributed by atoms with Crippen molar-refractivity contribution in [3.63, 3.8) is 0 Å². The van der Waals surface area contributed by atoms with Gasteiger partial charge in [-0.3, -0.25) is 10.1 Å². The number of nitrogens with two attached hydrogens (primary N) is 1. The number of rotatable bonds is 6. The lowest BCUT2D eigenvalue weighted by atomic mass is 10.2. The summed E-state index contributed by atoms with van der Waals surface area (Å²) in [5, 5.41) is 10.5. The molecule has 8 heteroatoms. The van der Waals surface area contributed by atoms with Gasteiger partial charge in [0.05, 0.1) is 10.7 Å². The molecule has 0 aromatic heterocycles. The Morgan fingerprint density at radius 1 is 1.37 bits per heavy atom. The maximum absolute atomic E-state index is 12.1. The Bertz CT molecular complexity index is 542. The van der Waals surface area contributed by atoms with Crippen LogP contribution in [0.3, 0.4) is 0 Å². The van der Waals surface area contributed by atoms with Crippen LogP contribution < -0.4 is 5.73 Å². The minimum atomic E-state index is -3.47. The van der Waals surface area contributed by atoms with Crippen molar-refractivity contribution >= 4 is 15.7 Å². The number of non-ortho nitro benzene ring substituents is 1. The van der Waals surface area contributed by atoms with Gasteiger partial charge in [-0.05, 0) is 12.5 Å². The smallest absolute Gasteiger partial charge is 0.269 e. The van der Waals surface area contributed by atoms with E-state index in [0.717, 1.165) is 0 Å². The van der Waals surface area contributed by atoms with E-state index in [0.29, 0.717) is 5.56 Å². The van der Waals surface area contributed by atoms with Crippen molar-refractivity contribution in [3.8, 4) is 0 Å². The molecule has 0 saturated heterocycles. The van der Waals surface area contributed by atoms with Crippen LogP contribution in [0.15, 0.2) is 24.3 Å². The highest BCUT2D eigenvalue weighted by Crippen LogP contribution is 2.16. The van der Waals surface area contributed by atoms with Gasteiger partial charge in [0.25, 0.3) is 5.69 Å². The summed E-state index contributed by atoms with van der Waals surface area (Å²) in [5.74, 6) is -0.203. The third kappa shape index (κ3) is 3.98. The quantitative estimate of drug-likeness (QED) is 0.612. The number of hydrogen-bond acceptors (Lipinski definition) is 5. The molecule has 1 unspecified atom stereocenters. The van der Waals surface area contributed by atoms with E-state index >= 15 is 0 Å². The van der Waals surface area contributed by atoms with E-state index in [4.69, 9.17) is 5.73 Å². The van der Waals surface area contributed by atoms with Gasteiger partial charge in [0.1, 0.15) is 0 Å². The van der Waals surface area contributed by atoms with E-state index < -0.39 is 14.9 Å². The van der Waals surface area contributed by atoms with E-state index in [1.54, 1.807) is 6.92 Å². The van der Waals surface area contributed by atoms with Gasteiger partial charge in [0, 0.05) is 31.8 Å². The average molecular weight is 287 g/mol. The van der Waals surface area contributed by atoms with Crippen LogP contribution in [0, 0.1) is 10.1 Å². The second-order valence-electron chi connectivity index (χ2n) is 4.28. The molecule has 19 heavy (non-hydrogen) atoms. The molecular formula is C11H17N3O4S. The van der Waals surface area contributed by atoms with Crippen molar-refractivity contribution in [3.05, 3.63) is 39.9 Å². The van der Waals surface area contributed by atoms with Crippen molar-refractivity contribution < 1.29 is 13.3 Å². The van der Waals surface area contributed by atoms with Crippen LogP contribution in [0.2, 0.25) is 0 Å². The predicted molar refractivity (Wildman–Crippen MR) is 72.0 cm³/mol. The summed E-state index contributed by atoms with van der Waals surface area (Å²) in [6.45, 7) is 1.95. The summed E-state index contributed by atoms with van der Waals surface area (Å²) < 4.78 is 25.3. The standard InChI is InChI=1S/C11H17N3O4S/c1-9(7-12)13(2)19(17,18)8-10-3-5-11(6-4-10)14(15)16/h3-6,9H,7-8,12H2,1-2H3. The minimum absolute atomic E-state index is 0.0650. The molecule has 1 atom stereocenters. The first-order valence-electron chi connectivity index (χ1n) is 5.67. The van der Waals surface area contributed by atoms with Crippen molar-refractivity contribution in [1.29, 1.82) is 0 Å². The summed E-state index contributed by atoms with van der Waals surface area (Å²) in [6.07, 6.45) is 0. The Labute approximate surface area is 112 Å². The van der Waals surface area contributed by atoms with Crippen LogP contribution in [-0.4, -0.2) is 37.3 Å². The summed E-state index contributed by atoms with van der Waals surface area (Å²) in [4.78, 5) is 9.97. The van der Waals surface area contributed by atoms with Gasteiger partial charge < -0.3 is 5.73 Å². The van der Waals surface area contributed by atoms with Gasteiger partial charge >= 0.3 is 0 Å². The molecule has 1 rings (SSSR count). The fourth-order valence-corrected chi connectivity index (χ4v) is 2.90. The largest absolute Gasteiger partial charge is 0.329 e. The Kier molecular flexibility index (Phi) is 4.98. The van der Waals surface area contributed by atoms with Gasteiger partial charge in [-0.2, -0.15) is 0 Å². The van der Waals surface area contributed by atoms with E-state index in [1.807, 2.05) is 0 Å². The number of nitrogens with zero attached hydrogens (tertiary/aromatic N) is 2. The highest BCUT2D eigenvalue weighted by molar-refractivity contribution is 7.88. The third-order valence-corrected chi connectivity index (χ3v) is 4.83. The topological polar surface area (TPSA) is 107 Å². The van der Waals surface area contributed by atoms with E-state index in [1.165, 1.54) is 35.6 Å². The molecule has 0 aliphatic rings. The first kappa shape index (κ1) is 15.5. The SMILES string of the molecule is CC(CN)N(C)S(=O)(=O)Cc1ccc([N+](=O)[O-])cc1. The van der Waals surface area contributed by atoms with Gasteiger partial charge in [-0.15, -0.1) is 0 Å². The molecule has 0 amide bonds. The molecule has 1 aromatic carbocycles. The lowest BCUT2D eigenvalue weighted by Gasteiger charge is -2.22. The number of nitro groups is 1. The molecule has 0 fully saturated rings. The van der Waals surface area contributed by atoms with Crippen LogP contribution >= 0.6 is 0 Å². The van der Waals surface area contributed by atoms with Crippen LogP contribution in [0.4, 0.5) is 5.69 Å². The maximum atomic E-state index is 12.1. The lowest BCUT2D eigenvalue weighted by molar-refractivity contribution is -0.384. The third-order valence-electron chi connectivity index (χ3n) is 2.90. The molecule has 106 valence electrons. The molecule has 0 saturated carbocycles. The average Bonchev–Trinajstić information content (AvgIpc) is 2.37. The molecule has 0 bridgehead atoms. The first-order chi connectivity index (χ1) is 8.77. The number of likely N-dealkylation sites (N-methyl/N-ethyl adjacent to an activating group) is 1. The lowest BCUT2D eigenvalue weighted by Crippen LogP contribution is -2.40. The Balaban J connectivity index is 2.86. The second kappa shape index (κ2) is 6.09. The maximum Gasteiger partial charge on any atom is 0.269 e. The number of nitro benzene ring substituents is 1. The van der Waals surface area contributed by atoms with Crippen LogP contribution in [-0.2, 0) is 15.8 Å². The fraction of sp³-hybridized carbons (Fsp3) is 0.455. The molecular weight excluding hydrogens is 270 g/mol. The highest BCUT2D eigenvalue weighted by atomic mass is 32.2. The Morgan fingerprint density at radius 3 is 2.32 bits per heavy atom. The minimum Gasteiger partial charge on any atom is -0.329 e. The summed E-state index contributed by atoms with van der Waals surface area (Å²) in [6, 6.07) is 5.17. The molecule has 7 nitrogen and oxygen atoms in total. The van der Waals surface area contributed by atoms with Gasteiger partial charge in [0.15, 0.2) is 0 Å². The zero-order valence-corrected chi connectivity index (χ0v) is 11.6. The number of sulfonamides is 1. The van der Waals surface area contributed by atoms with Crippen LogP contribution in [0.5, 0.6) is 0 Å². The van der Waals surface area contributed by atoms with Crippen LogP contribution in [0.1, 0.15) is 12.5 Å². The molecule has 0 heterocycles. The fourth-order valence-electron chi connectivity index (χ4n) is 1.45. The van der Waals surface area contributed by atoms with E-state index in [9.17, 15) is 18.5 Å². The first-order valence-corrected chi connectivity index (χ1v) is 7.28. The monoisotopic (exact) mass is 287 g/mol. The Morgan fingerprint density at radius 2 is 1.89 bits per heavy atom. The molecule has 0 radical (unpaired) electrons. The van der Waals surface area contributed by atoms with Crippen molar-refractivity contribution in [2.45, 2.75) is 18.7 Å². The van der Waals surface area contributed by atoms with E-state index in [2.05, 4.69) is 0 Å². The van der Waals surface area contributed by atoms with Crippen molar-refractivity contribution in [2.75, 3.05) is 13.6 Å². The molecule has 0 aliphatic carbocycles. The van der Waals surface area contributed by atoms with Crippen molar-refractivity contribution in [2.24, 2.45) is 5.73 Å². The second-order valence-corrected chi connectivity index (χ2v) is 6.31. The highest BCUT2D eigenvalue weighted by Gasteiger charge is 2.22. The zero-order valence-electron chi connectivity index (χ0n) is 10.8. The number of hydrogen-bond donors (Lipinski definition) is 1. The van der Waals surface area contributed by atoms with Crippen LogP contribution in [0.25, 0.3) is 0 Å². The normalized spacial score (nSPS) is 13.5. The summed E-state index contributed by atoms with van der Waals surface area (Å²) >= 11 is 0. The van der Waals surface area contributed by atoms with Gasteiger partial charge in [-0.1, -0.05) is 12.1 Å². The summed E-state index contributed by atoms with van der Waals surface area (Å²) in [7, 11) is -2.00.